The Balaban J connectivity index is 2.03. The van der Waals surface area contributed by atoms with Crippen LogP contribution in [0.25, 0.3) is 5.57 Å². The van der Waals surface area contributed by atoms with Gasteiger partial charge < -0.3 is 4.90 Å². The minimum atomic E-state index is -0.110. The minimum Gasteiger partial charge on any atom is -0.308 e. The third kappa shape index (κ3) is 2.43. The van der Waals surface area contributed by atoms with Crippen LogP contribution in [0.15, 0.2) is 47.9 Å². The van der Waals surface area contributed by atoms with Crippen molar-refractivity contribution < 1.29 is 9.59 Å². The van der Waals surface area contributed by atoms with Gasteiger partial charge in [0.15, 0.2) is 5.78 Å². The van der Waals surface area contributed by atoms with Crippen LogP contribution in [0.5, 0.6) is 0 Å². The third-order valence-electron chi connectivity index (χ3n) is 3.45. The highest BCUT2D eigenvalue weighted by atomic mass is 32.1. The molecule has 0 bridgehead atoms. The molecule has 0 radical (unpaired) electrons. The van der Waals surface area contributed by atoms with Crippen molar-refractivity contribution in [1.29, 1.82) is 0 Å². The molecule has 0 fully saturated rings. The van der Waals surface area contributed by atoms with Crippen LogP contribution in [-0.2, 0) is 4.79 Å². The van der Waals surface area contributed by atoms with Gasteiger partial charge in [0, 0.05) is 18.2 Å². The Labute approximate surface area is 127 Å². The molecule has 0 unspecified atom stereocenters. The highest BCUT2D eigenvalue weighted by Crippen LogP contribution is 2.36. The molecule has 0 N–H and O–H groups in total. The van der Waals surface area contributed by atoms with Crippen LogP contribution < -0.4 is 4.90 Å². The molecular formula is C17H15NO2S. The number of thiophene rings is 1. The van der Waals surface area contributed by atoms with Gasteiger partial charge in [0.1, 0.15) is 0 Å². The van der Waals surface area contributed by atoms with Gasteiger partial charge in [-0.05, 0) is 23.9 Å². The quantitative estimate of drug-likeness (QED) is 0.636. The normalized spacial score (nSPS) is 15.6. The van der Waals surface area contributed by atoms with Crippen molar-refractivity contribution >= 4 is 34.3 Å². The van der Waals surface area contributed by atoms with E-state index in [4.69, 9.17) is 0 Å². The second-order valence-electron chi connectivity index (χ2n) is 4.87. The maximum Gasteiger partial charge on any atom is 0.259 e. The van der Waals surface area contributed by atoms with Crippen LogP contribution >= 0.6 is 11.3 Å². The summed E-state index contributed by atoms with van der Waals surface area (Å²) >= 11 is 1.39. The average molecular weight is 297 g/mol. The largest absolute Gasteiger partial charge is 0.308 e. The fourth-order valence-corrected chi connectivity index (χ4v) is 3.15. The predicted molar refractivity (Wildman–Crippen MR) is 85.7 cm³/mol. The van der Waals surface area contributed by atoms with Crippen molar-refractivity contribution in [3.8, 4) is 0 Å². The monoisotopic (exact) mass is 297 g/mol. The highest BCUT2D eigenvalue weighted by Gasteiger charge is 2.31. The van der Waals surface area contributed by atoms with Crippen molar-refractivity contribution in [3.63, 3.8) is 0 Å². The fourth-order valence-electron chi connectivity index (χ4n) is 2.51. The van der Waals surface area contributed by atoms with Gasteiger partial charge >= 0.3 is 0 Å². The van der Waals surface area contributed by atoms with Gasteiger partial charge in [-0.2, -0.15) is 0 Å². The van der Waals surface area contributed by atoms with Crippen molar-refractivity contribution in [2.24, 2.45) is 0 Å². The maximum absolute atomic E-state index is 12.6. The van der Waals surface area contributed by atoms with Gasteiger partial charge in [0.25, 0.3) is 5.91 Å². The summed E-state index contributed by atoms with van der Waals surface area (Å²) in [5, 5.41) is 1.86. The van der Waals surface area contributed by atoms with Gasteiger partial charge in [-0.15, -0.1) is 11.3 Å². The topological polar surface area (TPSA) is 37.4 Å². The lowest BCUT2D eigenvalue weighted by molar-refractivity contribution is -0.113. The zero-order chi connectivity index (χ0) is 14.8. The van der Waals surface area contributed by atoms with Gasteiger partial charge in [0.2, 0.25) is 0 Å². The molecule has 3 rings (SSSR count). The first-order valence-electron chi connectivity index (χ1n) is 6.93. The van der Waals surface area contributed by atoms with Crippen LogP contribution in [-0.4, -0.2) is 18.2 Å². The van der Waals surface area contributed by atoms with E-state index in [1.807, 2.05) is 42.6 Å². The van der Waals surface area contributed by atoms with E-state index in [0.29, 0.717) is 17.0 Å². The van der Waals surface area contributed by atoms with E-state index < -0.39 is 0 Å². The molecule has 0 aliphatic carbocycles. The number of carbonyl (C=O) groups excluding carboxylic acids is 2. The summed E-state index contributed by atoms with van der Waals surface area (Å²) in [7, 11) is 0. The van der Waals surface area contributed by atoms with E-state index in [-0.39, 0.29) is 11.7 Å². The first kappa shape index (κ1) is 13.8. The van der Waals surface area contributed by atoms with E-state index in [0.717, 1.165) is 17.7 Å². The zero-order valence-corrected chi connectivity index (χ0v) is 12.5. The molecule has 1 aliphatic heterocycles. The molecule has 2 aromatic rings. The van der Waals surface area contributed by atoms with Gasteiger partial charge in [-0.1, -0.05) is 31.2 Å². The van der Waals surface area contributed by atoms with Crippen molar-refractivity contribution in [2.75, 3.05) is 11.4 Å². The summed E-state index contributed by atoms with van der Waals surface area (Å²) in [6.45, 7) is 2.70. The molecule has 3 nitrogen and oxygen atoms in total. The van der Waals surface area contributed by atoms with Gasteiger partial charge in [0.05, 0.1) is 16.1 Å². The molecule has 0 spiro atoms. The number of benzene rings is 1. The summed E-state index contributed by atoms with van der Waals surface area (Å²) in [5.74, 6) is -0.190. The minimum absolute atomic E-state index is 0.0806. The van der Waals surface area contributed by atoms with E-state index in [2.05, 4.69) is 0 Å². The van der Waals surface area contributed by atoms with E-state index >= 15 is 0 Å². The lowest BCUT2D eigenvalue weighted by atomic mass is 10.1. The molecule has 106 valence electrons. The maximum atomic E-state index is 12.6. The molecule has 1 amide bonds. The van der Waals surface area contributed by atoms with Crippen LogP contribution in [0.3, 0.4) is 0 Å². The van der Waals surface area contributed by atoms with Crippen LogP contribution in [0, 0.1) is 0 Å². The first-order chi connectivity index (χ1) is 10.2. The molecular weight excluding hydrogens is 282 g/mol. The van der Waals surface area contributed by atoms with Crippen molar-refractivity contribution in [3.05, 3.63) is 58.3 Å². The number of fused-ring (bicyclic) bond motifs is 1. The summed E-state index contributed by atoms with van der Waals surface area (Å²) in [4.78, 5) is 27.2. The highest BCUT2D eigenvalue weighted by molar-refractivity contribution is 7.12. The Morgan fingerprint density at radius 1 is 1.24 bits per heavy atom. The first-order valence-corrected chi connectivity index (χ1v) is 7.81. The Bertz CT molecular complexity index is 716. The second kappa shape index (κ2) is 5.66. The second-order valence-corrected chi connectivity index (χ2v) is 5.82. The summed E-state index contributed by atoms with van der Waals surface area (Å²) in [6, 6.07) is 11.3. The number of hydrogen-bond donors (Lipinski definition) is 0. The smallest absolute Gasteiger partial charge is 0.259 e. The number of nitrogens with zero attached hydrogens (tertiary/aromatic N) is 1. The Kier molecular flexibility index (Phi) is 3.71. The van der Waals surface area contributed by atoms with Crippen molar-refractivity contribution in [2.45, 2.75) is 13.3 Å². The van der Waals surface area contributed by atoms with E-state index in [1.54, 1.807) is 11.0 Å². The Hall–Kier alpha value is -2.20. The zero-order valence-electron chi connectivity index (χ0n) is 11.7. The number of anilines is 1. The molecule has 0 saturated heterocycles. The standard InChI is InChI=1S/C17H15NO2S/c1-2-9-18-14-7-4-3-6-12(14)13(17(18)20)11-15(19)16-8-5-10-21-16/h3-8,10-11H,2,9H2,1H3. The van der Waals surface area contributed by atoms with Crippen LogP contribution in [0.4, 0.5) is 5.69 Å². The van der Waals surface area contributed by atoms with Gasteiger partial charge in [-0.25, -0.2) is 0 Å². The Morgan fingerprint density at radius 3 is 2.76 bits per heavy atom. The molecule has 1 aromatic carbocycles. The lowest BCUT2D eigenvalue weighted by Gasteiger charge is -2.15. The van der Waals surface area contributed by atoms with Crippen molar-refractivity contribution in [1.82, 2.24) is 0 Å². The van der Waals surface area contributed by atoms with Crippen LogP contribution in [0.1, 0.15) is 28.6 Å². The van der Waals surface area contributed by atoms with Gasteiger partial charge in [-0.3, -0.25) is 9.59 Å². The molecule has 0 atom stereocenters. The lowest BCUT2D eigenvalue weighted by Crippen LogP contribution is -2.27. The molecule has 1 aromatic heterocycles. The van der Waals surface area contributed by atoms with Crippen LogP contribution in [0.2, 0.25) is 0 Å². The predicted octanol–water partition coefficient (Wildman–Crippen LogP) is 3.77. The third-order valence-corrected chi connectivity index (χ3v) is 4.33. The number of carbonyl (C=O) groups is 2. The summed E-state index contributed by atoms with van der Waals surface area (Å²) < 4.78 is 0. The SMILES string of the molecule is CCCN1C(=O)C(=CC(=O)c2cccs2)c2ccccc21. The number of amides is 1. The Morgan fingerprint density at radius 2 is 2.05 bits per heavy atom. The summed E-state index contributed by atoms with van der Waals surface area (Å²) in [5.41, 5.74) is 2.24. The number of hydrogen-bond acceptors (Lipinski definition) is 3. The molecule has 2 heterocycles. The molecule has 21 heavy (non-hydrogen) atoms. The number of rotatable bonds is 4. The van der Waals surface area contributed by atoms with E-state index in [1.165, 1.54) is 17.4 Å². The number of para-hydroxylation sites is 1. The van der Waals surface area contributed by atoms with E-state index in [9.17, 15) is 9.59 Å². The molecule has 0 saturated carbocycles. The molecule has 4 heteroatoms. The summed E-state index contributed by atoms with van der Waals surface area (Å²) in [6.07, 6.45) is 2.36. The molecule has 1 aliphatic rings. The fraction of sp³-hybridized carbons (Fsp3) is 0.176. The average Bonchev–Trinajstić information content (AvgIpc) is 3.11. The number of ketones is 1. The number of allylic oxidation sites excluding steroid dienone is 1.